The van der Waals surface area contributed by atoms with Gasteiger partial charge in [0.2, 0.25) is 6.29 Å². The monoisotopic (exact) mass is 1620 g/mol. The number of aliphatic hydroxyl groups is 21. The highest BCUT2D eigenvalue weighted by Crippen LogP contribution is 2.76. The standard InChI is InChI=1S/C74H120O38/c1-26-40(80)47(87)52(92)60(103-26)101-24-35-46(86)49(89)59(111-65-55(95)57(41(81)27(2)104-65)109-63-54(94)56(33(78)23-99-63)108-61-50(90)42(82)30(75)20-97-61)67(106-35)112-68(96)74-17-16-69(3,4)18-29(74)28-10-11-37-71(7)14-13-39(70(5,6)36(71)12-15-72(37,8)73(28,9)19-38(74)79)107-64-53(93)48(88)45(85)34(105-64)25-102-66-58(44(84)32(77)22-100-66)110-62-51(91)43(83)31(76)21-98-62/h10,26-27,29-67,75-95H,11-25H2,1-9H3/t26-,27-,29?,30+,31+,32+,33+,34+,35+,36-,37+,38+,39-,40-,41-,42-,43-,44?,45+,46+,47+,48-,49-,50-,51+,52+,53+,54-,55+,56-,57+,58-,59+,60?,61?,62-,63?,64-,65?,66+,67-,71-,72+,73+,74+/m0/s1. The van der Waals surface area contributed by atoms with Crippen LogP contribution in [0.4, 0.5) is 0 Å². The summed E-state index contributed by atoms with van der Waals surface area (Å²) in [6.45, 7) is 14.6. The molecular formula is C74H120O38. The lowest BCUT2D eigenvalue weighted by atomic mass is 9.33. The smallest absolute Gasteiger partial charge is 0.317 e. The lowest BCUT2D eigenvalue weighted by molar-refractivity contribution is -0.383. The van der Waals surface area contributed by atoms with Crippen LogP contribution in [0.25, 0.3) is 0 Å². The lowest BCUT2D eigenvalue weighted by Gasteiger charge is -2.71. The average molecular weight is 1620 g/mol. The summed E-state index contributed by atoms with van der Waals surface area (Å²) in [7, 11) is 0. The van der Waals surface area contributed by atoms with Crippen LogP contribution in [0.15, 0.2) is 11.6 Å². The van der Waals surface area contributed by atoms with Crippen molar-refractivity contribution < 1.29 is 188 Å². The van der Waals surface area contributed by atoms with E-state index < -0.39 is 317 Å². The number of ether oxygens (including phenoxy) is 16. The van der Waals surface area contributed by atoms with Crippen LogP contribution in [-0.2, 0) is 80.6 Å². The molecule has 8 saturated heterocycles. The molecule has 8 aliphatic heterocycles. The lowest BCUT2D eigenvalue weighted by Crippen LogP contribution is -2.69. The summed E-state index contributed by atoms with van der Waals surface area (Å²) in [6.07, 6.45) is -57.2. The fourth-order valence-corrected chi connectivity index (χ4v) is 21.1. The van der Waals surface area contributed by atoms with E-state index in [4.69, 9.17) is 75.8 Å². The summed E-state index contributed by atoms with van der Waals surface area (Å²) in [5, 5.41) is 234. The summed E-state index contributed by atoms with van der Waals surface area (Å²) in [4.78, 5) is 16.1. The molecule has 0 aromatic carbocycles. The molecular weight excluding hydrogens is 1500 g/mol. The summed E-state index contributed by atoms with van der Waals surface area (Å²) in [5.74, 6) is -1.73. The van der Waals surface area contributed by atoms with E-state index in [0.29, 0.717) is 44.9 Å². The Balaban J connectivity index is 0.729. The Morgan fingerprint density at radius 3 is 1.52 bits per heavy atom. The highest BCUT2D eigenvalue weighted by Gasteiger charge is 2.73. The number of carbonyl (C=O) groups excluding carboxylic acids is 1. The molecule has 0 aromatic heterocycles. The molecule has 4 saturated carbocycles. The number of carbonyl (C=O) groups is 1. The molecule has 0 bridgehead atoms. The van der Waals surface area contributed by atoms with Gasteiger partial charge >= 0.3 is 5.97 Å². The number of aliphatic hydroxyl groups excluding tert-OH is 21. The van der Waals surface area contributed by atoms with Gasteiger partial charge in [0.25, 0.3) is 0 Å². The first-order chi connectivity index (χ1) is 52.5. The molecule has 45 atom stereocenters. The Hall–Kier alpha value is -2.23. The maximum absolute atomic E-state index is 16.1. The predicted octanol–water partition coefficient (Wildman–Crippen LogP) is -7.16. The van der Waals surface area contributed by atoms with E-state index in [1.165, 1.54) is 13.8 Å². The van der Waals surface area contributed by atoms with Crippen LogP contribution in [-0.4, -0.2) is 386 Å². The van der Waals surface area contributed by atoms with E-state index >= 15 is 4.79 Å². The van der Waals surface area contributed by atoms with E-state index in [1.807, 2.05) is 0 Å². The zero-order valence-corrected chi connectivity index (χ0v) is 64.2. The second-order valence-electron chi connectivity index (χ2n) is 35.9. The Kier molecular flexibility index (Phi) is 26.0. The minimum Gasteiger partial charge on any atom is -0.432 e. The first-order valence-electron chi connectivity index (χ1n) is 39.3. The van der Waals surface area contributed by atoms with Crippen molar-refractivity contribution in [1.29, 1.82) is 0 Å². The highest BCUT2D eigenvalue weighted by molar-refractivity contribution is 5.80. The molecule has 644 valence electrons. The molecule has 13 aliphatic rings. The SMILES string of the molecule is C[C@@H]1OC(OC[C@H]2O[C@@H](OC(=O)[C@]34CCC(C)(C)CC3C3=CC[C@@H]5[C@@]6(C)CC[C@H](O[C@@H]7O[C@H](CO[C@H]8OC[C@@H](O)C(O)[C@@H]8O[C@@H]8OC[C@@H](O)[C@H](O)[C@H]8O)[C@@H](O)[C@H](O)[C@H]7O)C(C)(C)[C@@H]6CC[C@@]5(C)[C@]3(C)C[C@H]4O)[C@H](OC3O[C@@H](C)[C@H](O)[C@@H](OC4OC[C@@H](O)[C@H](OC5OC[C@@H](O)[C@H](O)[C@@H]5O)[C@@H]4O)[C@H]3O)[C@@H](O)[C@@H]2O)[C@H](O)[C@H](O)[C@H]1O. The van der Waals surface area contributed by atoms with Crippen LogP contribution in [0.3, 0.4) is 0 Å². The Morgan fingerprint density at radius 1 is 0.411 bits per heavy atom. The van der Waals surface area contributed by atoms with Crippen LogP contribution in [0.5, 0.6) is 0 Å². The van der Waals surface area contributed by atoms with Crippen molar-refractivity contribution in [1.82, 2.24) is 0 Å². The average Bonchev–Trinajstić information content (AvgIpc) is 0.670. The second-order valence-corrected chi connectivity index (χ2v) is 35.9. The molecule has 12 fully saturated rings. The molecule has 0 radical (unpaired) electrons. The number of fused-ring (bicyclic) bond motifs is 7. The second kappa shape index (κ2) is 33.3. The summed E-state index contributed by atoms with van der Waals surface area (Å²) in [5.41, 5.74) is -3.55. The number of allylic oxidation sites excluding steroid dienone is 2. The zero-order valence-electron chi connectivity index (χ0n) is 64.2. The Labute approximate surface area is 646 Å². The number of hydrogen-bond acceptors (Lipinski definition) is 38. The Morgan fingerprint density at radius 2 is 0.884 bits per heavy atom. The van der Waals surface area contributed by atoms with Crippen molar-refractivity contribution in [3.05, 3.63) is 11.6 Å². The predicted molar refractivity (Wildman–Crippen MR) is 368 cm³/mol. The van der Waals surface area contributed by atoms with Gasteiger partial charge in [0.05, 0.1) is 64.1 Å². The van der Waals surface area contributed by atoms with Gasteiger partial charge < -0.3 is 183 Å². The molecule has 112 heavy (non-hydrogen) atoms. The number of rotatable bonds is 18. The molecule has 0 amide bonds. The van der Waals surface area contributed by atoms with Gasteiger partial charge in [-0.05, 0) is 116 Å². The fourth-order valence-electron chi connectivity index (χ4n) is 21.1. The largest absolute Gasteiger partial charge is 0.432 e. The van der Waals surface area contributed by atoms with Gasteiger partial charge in [-0.3, -0.25) is 4.79 Å². The van der Waals surface area contributed by atoms with Crippen molar-refractivity contribution in [2.75, 3.05) is 39.6 Å². The third-order valence-electron chi connectivity index (χ3n) is 28.2. The minimum absolute atomic E-state index is 0.0311. The quantitative estimate of drug-likeness (QED) is 0.0344. The van der Waals surface area contributed by atoms with Gasteiger partial charge in [0.1, 0.15) is 158 Å². The zero-order chi connectivity index (χ0) is 81.5. The van der Waals surface area contributed by atoms with Gasteiger partial charge in [0.15, 0.2) is 50.1 Å². The topological polar surface area (TPSA) is 590 Å². The normalized spacial score (nSPS) is 55.1. The van der Waals surface area contributed by atoms with Crippen molar-refractivity contribution >= 4 is 5.97 Å². The fraction of sp³-hybridized carbons (Fsp3) is 0.959. The van der Waals surface area contributed by atoms with E-state index in [-0.39, 0.29) is 24.7 Å². The maximum Gasteiger partial charge on any atom is 0.317 e. The van der Waals surface area contributed by atoms with Crippen molar-refractivity contribution in [2.45, 2.75) is 354 Å². The van der Waals surface area contributed by atoms with Crippen molar-refractivity contribution in [2.24, 2.45) is 50.2 Å². The van der Waals surface area contributed by atoms with E-state index in [9.17, 15) is 107 Å². The molecule has 0 aromatic rings. The highest BCUT2D eigenvalue weighted by atomic mass is 16.8. The molecule has 8 heterocycles. The Bertz CT molecular complexity index is 3220. The molecule has 21 N–H and O–H groups in total. The van der Waals surface area contributed by atoms with Gasteiger partial charge in [0, 0.05) is 0 Å². The molecule has 6 unspecified atom stereocenters. The maximum atomic E-state index is 16.1. The summed E-state index contributed by atoms with van der Waals surface area (Å²) >= 11 is 0. The third-order valence-corrected chi connectivity index (χ3v) is 28.2. The molecule has 5 aliphatic carbocycles. The van der Waals surface area contributed by atoms with Gasteiger partial charge in [-0.2, -0.15) is 0 Å². The van der Waals surface area contributed by atoms with E-state index in [0.717, 1.165) is 5.57 Å². The molecule has 38 nitrogen and oxygen atoms in total. The van der Waals surface area contributed by atoms with Crippen LogP contribution in [0.2, 0.25) is 0 Å². The van der Waals surface area contributed by atoms with Crippen LogP contribution in [0, 0.1) is 50.2 Å². The van der Waals surface area contributed by atoms with Crippen molar-refractivity contribution in [3.63, 3.8) is 0 Å². The van der Waals surface area contributed by atoms with Gasteiger partial charge in [-0.15, -0.1) is 0 Å². The van der Waals surface area contributed by atoms with Crippen LogP contribution in [0.1, 0.15) is 120 Å². The van der Waals surface area contributed by atoms with Gasteiger partial charge in [-0.1, -0.05) is 60.1 Å². The molecule has 13 rings (SSSR count). The first kappa shape index (κ1) is 87.6. The third kappa shape index (κ3) is 15.6. The van der Waals surface area contributed by atoms with Crippen LogP contribution < -0.4 is 0 Å². The van der Waals surface area contributed by atoms with E-state index in [1.54, 1.807) is 0 Å². The summed E-state index contributed by atoms with van der Waals surface area (Å²) in [6, 6.07) is 0. The first-order valence-corrected chi connectivity index (χ1v) is 39.3. The molecule has 0 spiro atoms. The van der Waals surface area contributed by atoms with E-state index in [2.05, 4.69) is 54.5 Å². The molecule has 38 heteroatoms. The van der Waals surface area contributed by atoms with Gasteiger partial charge in [-0.25, -0.2) is 0 Å². The van der Waals surface area contributed by atoms with Crippen molar-refractivity contribution in [3.8, 4) is 0 Å². The summed E-state index contributed by atoms with van der Waals surface area (Å²) < 4.78 is 95.2. The minimum atomic E-state index is -2.14. The number of esters is 1. The van der Waals surface area contributed by atoms with Crippen LogP contribution >= 0.6 is 0 Å². The number of hydrogen-bond donors (Lipinski definition) is 21.